The summed E-state index contributed by atoms with van der Waals surface area (Å²) in [6, 6.07) is 12.4. The van der Waals surface area contributed by atoms with Gasteiger partial charge in [-0.3, -0.25) is 4.72 Å². The van der Waals surface area contributed by atoms with Crippen molar-refractivity contribution < 1.29 is 26.7 Å². The van der Waals surface area contributed by atoms with Gasteiger partial charge >= 0.3 is 0 Å². The molecule has 0 amide bonds. The van der Waals surface area contributed by atoms with E-state index in [0.717, 1.165) is 0 Å². The zero-order valence-corrected chi connectivity index (χ0v) is 15.0. The first-order valence-corrected chi connectivity index (χ1v) is 9.35. The molecule has 3 rings (SSSR count). The lowest BCUT2D eigenvalue weighted by atomic mass is 10.1. The van der Waals surface area contributed by atoms with Gasteiger partial charge in [0.2, 0.25) is 0 Å². The van der Waals surface area contributed by atoms with E-state index in [-0.39, 0.29) is 22.2 Å². The number of halogens is 2. The third-order valence-electron chi connectivity index (χ3n) is 3.72. The number of nitrogens with one attached hydrogen (secondary N) is 1. The van der Waals surface area contributed by atoms with Crippen molar-refractivity contribution in [2.45, 2.75) is 11.3 Å². The molecule has 3 aromatic rings. The number of hydrogen-bond acceptors (Lipinski definition) is 5. The number of rotatable bonds is 7. The van der Waals surface area contributed by atoms with Crippen LogP contribution in [-0.4, -0.2) is 33.5 Å². The summed E-state index contributed by atoms with van der Waals surface area (Å²) in [5, 5.41) is 0.751. The molecule has 0 fully saturated rings. The molecule has 2 aromatic carbocycles. The van der Waals surface area contributed by atoms with Gasteiger partial charge in [-0.05, 0) is 24.3 Å². The SMILES string of the molecule is COc1cccnc1NS(=O)(=O)c1ccc(OCC(F)F)c2ccccc12. The van der Waals surface area contributed by atoms with Crippen LogP contribution < -0.4 is 14.2 Å². The summed E-state index contributed by atoms with van der Waals surface area (Å²) in [4.78, 5) is 3.95. The van der Waals surface area contributed by atoms with Crippen LogP contribution >= 0.6 is 0 Å². The molecule has 1 N–H and O–H groups in total. The maximum Gasteiger partial charge on any atom is 0.272 e. The Bertz CT molecular complexity index is 1060. The van der Waals surface area contributed by atoms with Gasteiger partial charge in [0.1, 0.15) is 12.4 Å². The molecule has 9 heteroatoms. The van der Waals surface area contributed by atoms with Gasteiger partial charge < -0.3 is 9.47 Å². The minimum atomic E-state index is -4.02. The largest absolute Gasteiger partial charge is 0.493 e. The smallest absolute Gasteiger partial charge is 0.272 e. The monoisotopic (exact) mass is 394 g/mol. The highest BCUT2D eigenvalue weighted by atomic mass is 32.2. The molecular weight excluding hydrogens is 378 g/mol. The van der Waals surface area contributed by atoms with Crippen LogP contribution in [-0.2, 0) is 10.0 Å². The predicted octanol–water partition coefficient (Wildman–Crippen LogP) is 3.69. The highest BCUT2D eigenvalue weighted by Crippen LogP contribution is 2.33. The van der Waals surface area contributed by atoms with Gasteiger partial charge in [-0.2, -0.15) is 0 Å². The summed E-state index contributed by atoms with van der Waals surface area (Å²) in [5.74, 6) is 0.490. The predicted molar refractivity (Wildman–Crippen MR) is 97.0 cm³/mol. The van der Waals surface area contributed by atoms with Crippen LogP contribution in [0.4, 0.5) is 14.6 Å². The van der Waals surface area contributed by atoms with Crippen LogP contribution in [0.1, 0.15) is 0 Å². The number of fused-ring (bicyclic) bond motifs is 1. The molecule has 0 radical (unpaired) electrons. The Labute approximate surface area is 154 Å². The lowest BCUT2D eigenvalue weighted by Crippen LogP contribution is -2.15. The Hall–Kier alpha value is -2.94. The zero-order valence-electron chi connectivity index (χ0n) is 14.2. The molecule has 142 valence electrons. The van der Waals surface area contributed by atoms with E-state index in [0.29, 0.717) is 10.8 Å². The molecule has 27 heavy (non-hydrogen) atoms. The molecular formula is C18H16F2N2O4S. The van der Waals surface area contributed by atoms with Crippen molar-refractivity contribution >= 4 is 26.6 Å². The molecule has 0 unspecified atom stereocenters. The fourth-order valence-electron chi connectivity index (χ4n) is 2.57. The second-order valence-electron chi connectivity index (χ2n) is 5.47. The van der Waals surface area contributed by atoms with Crippen LogP contribution in [0.15, 0.2) is 59.6 Å². The van der Waals surface area contributed by atoms with Gasteiger partial charge in [-0.1, -0.05) is 24.3 Å². The fraction of sp³-hybridized carbons (Fsp3) is 0.167. The summed E-state index contributed by atoms with van der Waals surface area (Å²) in [6.45, 7) is -0.778. The Morgan fingerprint density at radius 1 is 1.04 bits per heavy atom. The maximum atomic E-state index is 12.9. The molecule has 0 aliphatic carbocycles. The van der Waals surface area contributed by atoms with Crippen molar-refractivity contribution in [3.8, 4) is 11.5 Å². The van der Waals surface area contributed by atoms with Gasteiger partial charge in [-0.25, -0.2) is 22.2 Å². The Kier molecular flexibility index (Phi) is 5.41. The Morgan fingerprint density at radius 2 is 1.78 bits per heavy atom. The van der Waals surface area contributed by atoms with Gasteiger partial charge in [0.05, 0.1) is 12.0 Å². The normalized spacial score (nSPS) is 11.6. The highest BCUT2D eigenvalue weighted by molar-refractivity contribution is 7.93. The van der Waals surface area contributed by atoms with Crippen molar-refractivity contribution in [2.24, 2.45) is 0 Å². The van der Waals surface area contributed by atoms with Gasteiger partial charge in [0.15, 0.2) is 11.6 Å². The minimum Gasteiger partial charge on any atom is -0.493 e. The lowest BCUT2D eigenvalue weighted by Gasteiger charge is -2.14. The molecule has 0 saturated heterocycles. The second kappa shape index (κ2) is 7.75. The Balaban J connectivity index is 2.04. The van der Waals surface area contributed by atoms with Crippen molar-refractivity contribution in [2.75, 3.05) is 18.4 Å². The van der Waals surface area contributed by atoms with Crippen molar-refractivity contribution in [1.82, 2.24) is 4.98 Å². The topological polar surface area (TPSA) is 77.5 Å². The molecule has 0 bridgehead atoms. The van der Waals surface area contributed by atoms with E-state index in [1.807, 2.05) is 0 Å². The van der Waals surface area contributed by atoms with E-state index in [1.165, 1.54) is 25.4 Å². The highest BCUT2D eigenvalue weighted by Gasteiger charge is 2.21. The van der Waals surface area contributed by atoms with E-state index in [1.54, 1.807) is 36.4 Å². The number of methoxy groups -OCH3 is 1. The van der Waals surface area contributed by atoms with Crippen LogP contribution in [0.2, 0.25) is 0 Å². The number of anilines is 1. The van der Waals surface area contributed by atoms with E-state index in [4.69, 9.17) is 9.47 Å². The molecule has 0 aliphatic heterocycles. The third-order valence-corrected chi connectivity index (χ3v) is 5.12. The summed E-state index contributed by atoms with van der Waals surface area (Å²) in [7, 11) is -2.61. The van der Waals surface area contributed by atoms with E-state index in [2.05, 4.69) is 9.71 Å². The summed E-state index contributed by atoms with van der Waals surface area (Å²) >= 11 is 0. The number of pyridine rings is 1. The molecule has 0 atom stereocenters. The van der Waals surface area contributed by atoms with E-state index in [9.17, 15) is 17.2 Å². The first-order chi connectivity index (χ1) is 12.9. The minimum absolute atomic E-state index is 0.0322. The molecule has 1 aromatic heterocycles. The average molecular weight is 394 g/mol. The summed E-state index contributed by atoms with van der Waals surface area (Å²) in [6.07, 6.45) is -1.20. The fourth-order valence-corrected chi connectivity index (χ4v) is 3.80. The number of sulfonamides is 1. The Morgan fingerprint density at radius 3 is 2.48 bits per heavy atom. The third kappa shape index (κ3) is 4.08. The molecule has 0 saturated carbocycles. The number of alkyl halides is 2. The van der Waals surface area contributed by atoms with E-state index < -0.39 is 23.1 Å². The quantitative estimate of drug-likeness (QED) is 0.661. The first kappa shape index (κ1) is 18.8. The molecule has 6 nitrogen and oxygen atoms in total. The van der Waals surface area contributed by atoms with Gasteiger partial charge in [0.25, 0.3) is 16.4 Å². The van der Waals surface area contributed by atoms with Crippen LogP contribution in [0.5, 0.6) is 11.5 Å². The molecule has 1 heterocycles. The number of benzene rings is 2. The van der Waals surface area contributed by atoms with Gasteiger partial charge in [0, 0.05) is 17.0 Å². The van der Waals surface area contributed by atoms with E-state index >= 15 is 0 Å². The summed E-state index contributed by atoms with van der Waals surface area (Å²) < 4.78 is 63.3. The molecule has 0 spiro atoms. The van der Waals surface area contributed by atoms with Crippen molar-refractivity contribution in [3.05, 3.63) is 54.7 Å². The number of aromatic nitrogens is 1. The lowest BCUT2D eigenvalue weighted by molar-refractivity contribution is 0.0826. The van der Waals surface area contributed by atoms with Crippen molar-refractivity contribution in [3.63, 3.8) is 0 Å². The summed E-state index contributed by atoms with van der Waals surface area (Å²) in [5.41, 5.74) is 0. The van der Waals surface area contributed by atoms with Crippen LogP contribution in [0, 0.1) is 0 Å². The van der Waals surface area contributed by atoms with Crippen LogP contribution in [0.3, 0.4) is 0 Å². The average Bonchev–Trinajstić information content (AvgIpc) is 2.66. The maximum absolute atomic E-state index is 12.9. The van der Waals surface area contributed by atoms with Gasteiger partial charge in [-0.15, -0.1) is 0 Å². The van der Waals surface area contributed by atoms with Crippen LogP contribution in [0.25, 0.3) is 10.8 Å². The second-order valence-corrected chi connectivity index (χ2v) is 7.12. The standard InChI is InChI=1S/C18H16F2N2O4S/c1-25-15-7-4-10-21-18(15)22-27(23,24)16-9-8-14(26-11-17(19)20)12-5-2-3-6-13(12)16/h2-10,17H,11H2,1H3,(H,21,22). The van der Waals surface area contributed by atoms with Crippen molar-refractivity contribution in [1.29, 1.82) is 0 Å². The zero-order chi connectivity index (χ0) is 19.4. The number of hydrogen-bond donors (Lipinski definition) is 1. The number of nitrogens with zero attached hydrogens (tertiary/aromatic N) is 1. The molecule has 0 aliphatic rings. The number of ether oxygens (including phenoxy) is 2. The first-order valence-electron chi connectivity index (χ1n) is 7.87.